The molecule has 2 rings (SSSR count). The molecule has 0 bridgehead atoms. The number of rotatable bonds is 7. The smallest absolute Gasteiger partial charge is 0.220 e. The van der Waals surface area contributed by atoms with Crippen molar-refractivity contribution >= 4 is 42.3 Å². The number of hydrogen-bond donors (Lipinski definition) is 2. The van der Waals surface area contributed by atoms with Gasteiger partial charge in [-0.3, -0.25) is 4.79 Å². The van der Waals surface area contributed by atoms with Crippen LogP contribution in [-0.2, 0) is 4.79 Å². The monoisotopic (exact) mass is 397 g/mol. The van der Waals surface area contributed by atoms with E-state index in [0.29, 0.717) is 42.3 Å². The molecule has 0 spiro atoms. The summed E-state index contributed by atoms with van der Waals surface area (Å²) < 4.78 is 5.44. The number of carbonyl (C=O) groups is 1. The van der Waals surface area contributed by atoms with Gasteiger partial charge in [0.15, 0.2) is 0 Å². The molecule has 1 fully saturated rings. The van der Waals surface area contributed by atoms with Crippen LogP contribution >= 0.6 is 36.4 Å². The summed E-state index contributed by atoms with van der Waals surface area (Å²) >= 11 is 5.75. The number of nitrogens with zero attached hydrogens (tertiary/aromatic N) is 1. The molecule has 2 unspecified atom stereocenters. The van der Waals surface area contributed by atoms with Crippen molar-refractivity contribution in [2.75, 3.05) is 26.2 Å². The van der Waals surface area contributed by atoms with Crippen molar-refractivity contribution in [1.29, 1.82) is 0 Å². The summed E-state index contributed by atoms with van der Waals surface area (Å²) in [5.41, 5.74) is 0. The van der Waals surface area contributed by atoms with Gasteiger partial charge >= 0.3 is 0 Å². The molecule has 1 aliphatic heterocycles. The van der Waals surface area contributed by atoms with Crippen LogP contribution in [0.4, 0.5) is 0 Å². The minimum atomic E-state index is 0. The zero-order valence-electron chi connectivity index (χ0n) is 13.8. The van der Waals surface area contributed by atoms with Gasteiger partial charge in [-0.1, -0.05) is 18.5 Å². The number of carbonyl (C=O) groups excluding carboxylic acids is 1. The SMILES string of the molecule is CC(CC(=O)NCCOc1ccc(Cl)cn1)C1CCCNC1.Cl.Cl. The van der Waals surface area contributed by atoms with E-state index in [1.165, 1.54) is 19.0 Å². The molecule has 5 nitrogen and oxygen atoms in total. The Morgan fingerprint density at radius 3 is 2.92 bits per heavy atom. The molecule has 2 N–H and O–H groups in total. The molecule has 0 saturated carbocycles. The maximum Gasteiger partial charge on any atom is 0.220 e. The van der Waals surface area contributed by atoms with Crippen molar-refractivity contribution in [2.24, 2.45) is 11.8 Å². The number of ether oxygens (including phenoxy) is 1. The van der Waals surface area contributed by atoms with Gasteiger partial charge in [0.25, 0.3) is 0 Å². The molecule has 1 aromatic heterocycles. The first-order chi connectivity index (χ1) is 10.6. The Morgan fingerprint density at radius 1 is 1.50 bits per heavy atom. The lowest BCUT2D eigenvalue weighted by molar-refractivity contribution is -0.122. The van der Waals surface area contributed by atoms with Crippen molar-refractivity contribution in [1.82, 2.24) is 15.6 Å². The van der Waals surface area contributed by atoms with Crippen LogP contribution in [0.25, 0.3) is 0 Å². The Morgan fingerprint density at radius 2 is 2.29 bits per heavy atom. The summed E-state index contributed by atoms with van der Waals surface area (Å²) in [5, 5.41) is 6.87. The third kappa shape index (κ3) is 8.38. The number of amides is 1. The molecule has 0 radical (unpaired) electrons. The lowest BCUT2D eigenvalue weighted by atomic mass is 9.85. The number of pyridine rings is 1. The highest BCUT2D eigenvalue weighted by Gasteiger charge is 2.21. The average molecular weight is 399 g/mol. The second-order valence-electron chi connectivity index (χ2n) is 5.80. The van der Waals surface area contributed by atoms with Crippen molar-refractivity contribution in [2.45, 2.75) is 26.2 Å². The largest absolute Gasteiger partial charge is 0.476 e. The van der Waals surface area contributed by atoms with E-state index in [9.17, 15) is 4.79 Å². The molecule has 8 heteroatoms. The van der Waals surface area contributed by atoms with E-state index in [0.717, 1.165) is 13.1 Å². The first-order valence-electron chi connectivity index (χ1n) is 7.87. The van der Waals surface area contributed by atoms with Gasteiger partial charge in [-0.05, 0) is 43.8 Å². The molecule has 1 aliphatic rings. The Labute approximate surface area is 161 Å². The van der Waals surface area contributed by atoms with Crippen LogP contribution < -0.4 is 15.4 Å². The number of hydrogen-bond acceptors (Lipinski definition) is 4. The predicted molar refractivity (Wildman–Crippen MR) is 102 cm³/mol. The maximum absolute atomic E-state index is 11.9. The Kier molecular flexibility index (Phi) is 12.2. The van der Waals surface area contributed by atoms with E-state index in [1.54, 1.807) is 12.1 Å². The normalized spacial score (nSPS) is 17.8. The zero-order valence-corrected chi connectivity index (χ0v) is 16.2. The fraction of sp³-hybridized carbons (Fsp3) is 0.625. The molecule has 2 atom stereocenters. The third-order valence-electron chi connectivity index (χ3n) is 4.02. The number of aromatic nitrogens is 1. The zero-order chi connectivity index (χ0) is 15.8. The highest BCUT2D eigenvalue weighted by molar-refractivity contribution is 6.30. The first kappa shape index (κ1) is 23.2. The molecule has 2 heterocycles. The molecule has 1 aromatic rings. The van der Waals surface area contributed by atoms with Crippen LogP contribution in [0.2, 0.25) is 5.02 Å². The number of halogens is 3. The van der Waals surface area contributed by atoms with Crippen molar-refractivity contribution in [3.8, 4) is 5.88 Å². The summed E-state index contributed by atoms with van der Waals surface area (Å²) in [6.45, 7) is 5.18. The van der Waals surface area contributed by atoms with E-state index in [4.69, 9.17) is 16.3 Å². The van der Waals surface area contributed by atoms with Crippen LogP contribution in [0, 0.1) is 11.8 Å². The van der Waals surface area contributed by atoms with Crippen LogP contribution in [0.3, 0.4) is 0 Å². The van der Waals surface area contributed by atoms with Crippen LogP contribution in [-0.4, -0.2) is 37.1 Å². The van der Waals surface area contributed by atoms with Gasteiger partial charge in [0.05, 0.1) is 11.6 Å². The standard InChI is InChI=1S/C16H24ClN3O2.2ClH/c1-12(13-3-2-6-18-10-13)9-15(21)19-7-8-22-16-5-4-14(17)11-20-16;;/h4-5,11-13,18H,2-3,6-10H2,1H3,(H,19,21);2*1H. The van der Waals surface area contributed by atoms with Crippen LogP contribution in [0.1, 0.15) is 26.2 Å². The van der Waals surface area contributed by atoms with E-state index in [2.05, 4.69) is 22.5 Å². The highest BCUT2D eigenvalue weighted by atomic mass is 35.5. The molecule has 1 saturated heterocycles. The van der Waals surface area contributed by atoms with E-state index in [-0.39, 0.29) is 30.7 Å². The highest BCUT2D eigenvalue weighted by Crippen LogP contribution is 2.22. The molecule has 0 aromatic carbocycles. The van der Waals surface area contributed by atoms with Crippen LogP contribution in [0.15, 0.2) is 18.3 Å². The Hall–Kier alpha value is -0.750. The Balaban J connectivity index is 0.00000264. The van der Waals surface area contributed by atoms with Gasteiger partial charge in [0.2, 0.25) is 11.8 Å². The van der Waals surface area contributed by atoms with E-state index in [1.807, 2.05) is 0 Å². The van der Waals surface area contributed by atoms with Gasteiger partial charge in [-0.2, -0.15) is 0 Å². The van der Waals surface area contributed by atoms with Crippen molar-refractivity contribution in [3.05, 3.63) is 23.4 Å². The third-order valence-corrected chi connectivity index (χ3v) is 4.25. The molecular formula is C16H26Cl3N3O2. The molecule has 138 valence electrons. The summed E-state index contributed by atoms with van der Waals surface area (Å²) in [7, 11) is 0. The first-order valence-corrected chi connectivity index (χ1v) is 8.24. The number of piperidine rings is 1. The minimum Gasteiger partial charge on any atom is -0.476 e. The second kappa shape index (κ2) is 12.6. The summed E-state index contributed by atoms with van der Waals surface area (Å²) in [5.74, 6) is 1.62. The minimum absolute atomic E-state index is 0. The molecule has 0 aliphatic carbocycles. The van der Waals surface area contributed by atoms with Crippen molar-refractivity contribution < 1.29 is 9.53 Å². The number of nitrogens with one attached hydrogen (secondary N) is 2. The fourth-order valence-electron chi connectivity index (χ4n) is 2.69. The quantitative estimate of drug-likeness (QED) is 0.693. The van der Waals surface area contributed by atoms with E-state index >= 15 is 0 Å². The lowest BCUT2D eigenvalue weighted by Crippen LogP contribution is -2.36. The van der Waals surface area contributed by atoms with Gasteiger partial charge < -0.3 is 15.4 Å². The van der Waals surface area contributed by atoms with Gasteiger partial charge in [-0.25, -0.2) is 4.98 Å². The summed E-state index contributed by atoms with van der Waals surface area (Å²) in [6.07, 6.45) is 4.53. The van der Waals surface area contributed by atoms with E-state index < -0.39 is 0 Å². The Bertz CT molecular complexity index is 468. The topological polar surface area (TPSA) is 63.2 Å². The molecule has 24 heavy (non-hydrogen) atoms. The van der Waals surface area contributed by atoms with Gasteiger partial charge in [0.1, 0.15) is 6.61 Å². The molecular weight excluding hydrogens is 373 g/mol. The van der Waals surface area contributed by atoms with Gasteiger partial charge in [-0.15, -0.1) is 24.8 Å². The van der Waals surface area contributed by atoms with Crippen LogP contribution in [0.5, 0.6) is 5.88 Å². The fourth-order valence-corrected chi connectivity index (χ4v) is 2.80. The lowest BCUT2D eigenvalue weighted by Gasteiger charge is -2.28. The maximum atomic E-state index is 11.9. The van der Waals surface area contributed by atoms with Gasteiger partial charge in [0, 0.05) is 18.7 Å². The average Bonchev–Trinajstić information content (AvgIpc) is 2.54. The molecule has 1 amide bonds. The summed E-state index contributed by atoms with van der Waals surface area (Å²) in [6, 6.07) is 3.44. The summed E-state index contributed by atoms with van der Waals surface area (Å²) in [4.78, 5) is 16.0. The second-order valence-corrected chi connectivity index (χ2v) is 6.24. The van der Waals surface area contributed by atoms with Crippen molar-refractivity contribution in [3.63, 3.8) is 0 Å². The predicted octanol–water partition coefficient (Wildman–Crippen LogP) is 3.10.